The summed E-state index contributed by atoms with van der Waals surface area (Å²) < 4.78 is 4.46. The van der Waals surface area contributed by atoms with Crippen LogP contribution in [0.2, 0.25) is 0 Å². The zero-order valence-corrected chi connectivity index (χ0v) is 5.39. The highest BCUT2D eigenvalue weighted by Crippen LogP contribution is 1.89. The lowest BCUT2D eigenvalue weighted by molar-refractivity contribution is -0.139. The van der Waals surface area contributed by atoms with E-state index in [-0.39, 0.29) is 28.1 Å². The maximum absolute atomic E-state index is 10.5. The number of hydrogen-bond acceptors (Lipinski definition) is 3. The highest BCUT2D eigenvalue weighted by molar-refractivity contribution is 5.86. The largest absolute Gasteiger partial charge is 0.460 e. The van der Waals surface area contributed by atoms with Crippen LogP contribution in [0, 0.1) is 0 Å². The molecular formula is C8H18O3. The molecule has 0 aromatic rings. The lowest BCUT2D eigenvalue weighted by Crippen LogP contribution is -2.08. The Morgan fingerprint density at radius 3 is 2.27 bits per heavy atom. The van der Waals surface area contributed by atoms with E-state index in [1.807, 2.05) is 0 Å². The number of aliphatic hydroxyl groups excluding tert-OH is 1. The highest BCUT2D eigenvalue weighted by atomic mass is 16.5. The summed E-state index contributed by atoms with van der Waals surface area (Å²) in [6.07, 6.45) is 0. The van der Waals surface area contributed by atoms with Gasteiger partial charge in [-0.2, -0.15) is 0 Å². The molecule has 0 fully saturated rings. The average molecular weight is 162 g/mol. The first-order valence-corrected chi connectivity index (χ1v) is 2.62. The van der Waals surface area contributed by atoms with Crippen molar-refractivity contribution >= 4 is 5.97 Å². The predicted octanol–water partition coefficient (Wildman–Crippen LogP) is 1.37. The smallest absolute Gasteiger partial charge is 0.333 e. The third kappa shape index (κ3) is 9.17. The highest BCUT2D eigenvalue weighted by Gasteiger charge is 1.99. The lowest BCUT2D eigenvalue weighted by atomic mass is 10.4. The fraction of sp³-hybridized carbons (Fsp3) is 0.625. The number of esters is 1. The van der Waals surface area contributed by atoms with Gasteiger partial charge in [-0.25, -0.2) is 4.79 Å². The summed E-state index contributed by atoms with van der Waals surface area (Å²) in [5, 5.41) is 8.19. The minimum atomic E-state index is -0.455. The second-order valence-corrected chi connectivity index (χ2v) is 1.64. The van der Waals surface area contributed by atoms with Crippen LogP contribution in [0.3, 0.4) is 0 Å². The summed E-state index contributed by atoms with van der Waals surface area (Å²) in [6, 6.07) is 0. The fourth-order valence-corrected chi connectivity index (χ4v) is 0.262. The molecular weight excluding hydrogens is 144 g/mol. The van der Waals surface area contributed by atoms with Gasteiger partial charge in [0.2, 0.25) is 0 Å². The standard InChI is InChI=1S/C6H10O3.2CH4/c1-5(2)6(8)9-4-3-7;;/h7H,1,3-4H2,2H3;2*1H4. The van der Waals surface area contributed by atoms with Crippen molar-refractivity contribution in [1.29, 1.82) is 0 Å². The van der Waals surface area contributed by atoms with Gasteiger partial charge in [0, 0.05) is 5.57 Å². The molecule has 0 aliphatic rings. The Balaban J connectivity index is -0.000000320. The minimum Gasteiger partial charge on any atom is -0.460 e. The van der Waals surface area contributed by atoms with E-state index in [2.05, 4.69) is 11.3 Å². The van der Waals surface area contributed by atoms with Gasteiger partial charge in [-0.1, -0.05) is 21.4 Å². The van der Waals surface area contributed by atoms with E-state index in [0.717, 1.165) is 0 Å². The maximum atomic E-state index is 10.5. The average Bonchev–Trinajstić information content (AvgIpc) is 1.82. The van der Waals surface area contributed by atoms with Gasteiger partial charge in [0.25, 0.3) is 0 Å². The van der Waals surface area contributed by atoms with Gasteiger partial charge in [0.05, 0.1) is 6.61 Å². The fourth-order valence-electron chi connectivity index (χ4n) is 0.262. The molecule has 0 aromatic heterocycles. The minimum absolute atomic E-state index is 0. The number of hydrogen-bond donors (Lipinski definition) is 1. The van der Waals surface area contributed by atoms with E-state index in [0.29, 0.717) is 5.57 Å². The molecule has 0 aromatic carbocycles. The predicted molar refractivity (Wildman–Crippen MR) is 46.3 cm³/mol. The van der Waals surface area contributed by atoms with Crippen molar-refractivity contribution in [3.8, 4) is 0 Å². The Bertz CT molecular complexity index is 119. The van der Waals surface area contributed by atoms with Crippen molar-refractivity contribution in [1.82, 2.24) is 0 Å². The van der Waals surface area contributed by atoms with Crippen molar-refractivity contribution in [3.63, 3.8) is 0 Å². The van der Waals surface area contributed by atoms with E-state index in [4.69, 9.17) is 5.11 Å². The second-order valence-electron chi connectivity index (χ2n) is 1.64. The topological polar surface area (TPSA) is 46.5 Å². The third-order valence-electron chi connectivity index (χ3n) is 0.673. The molecule has 3 nitrogen and oxygen atoms in total. The van der Waals surface area contributed by atoms with Crippen LogP contribution in [0.4, 0.5) is 0 Å². The van der Waals surface area contributed by atoms with Crippen molar-refractivity contribution in [2.75, 3.05) is 13.2 Å². The first-order chi connectivity index (χ1) is 4.18. The van der Waals surface area contributed by atoms with Gasteiger partial charge in [-0.05, 0) is 6.92 Å². The molecule has 0 saturated heterocycles. The van der Waals surface area contributed by atoms with E-state index in [1.54, 1.807) is 6.92 Å². The molecule has 0 aliphatic heterocycles. The van der Waals surface area contributed by atoms with E-state index in [9.17, 15) is 4.79 Å². The van der Waals surface area contributed by atoms with E-state index < -0.39 is 5.97 Å². The Kier molecular flexibility index (Phi) is 13.9. The molecule has 1 N–H and O–H groups in total. The van der Waals surface area contributed by atoms with Gasteiger partial charge in [0.15, 0.2) is 0 Å². The van der Waals surface area contributed by atoms with Gasteiger partial charge in [-0.15, -0.1) is 0 Å². The van der Waals surface area contributed by atoms with Crippen LogP contribution >= 0.6 is 0 Å². The monoisotopic (exact) mass is 162 g/mol. The van der Waals surface area contributed by atoms with Crippen LogP contribution in [0.15, 0.2) is 12.2 Å². The van der Waals surface area contributed by atoms with Crippen LogP contribution in [-0.4, -0.2) is 24.3 Å². The zero-order chi connectivity index (χ0) is 7.28. The molecule has 0 unspecified atom stereocenters. The molecule has 11 heavy (non-hydrogen) atoms. The van der Waals surface area contributed by atoms with E-state index >= 15 is 0 Å². The molecule has 0 bridgehead atoms. The second kappa shape index (κ2) is 9.17. The summed E-state index contributed by atoms with van der Waals surface area (Å²) in [4.78, 5) is 10.5. The van der Waals surface area contributed by atoms with Crippen LogP contribution < -0.4 is 0 Å². The Morgan fingerprint density at radius 2 is 2.00 bits per heavy atom. The van der Waals surface area contributed by atoms with Crippen LogP contribution in [0.5, 0.6) is 0 Å². The first kappa shape index (κ1) is 16.6. The Morgan fingerprint density at radius 1 is 1.55 bits per heavy atom. The molecule has 0 saturated carbocycles. The molecule has 3 heteroatoms. The molecule has 0 atom stereocenters. The Labute approximate surface area is 68.7 Å². The number of aliphatic hydroxyl groups is 1. The molecule has 0 rings (SSSR count). The SMILES string of the molecule is C.C.C=C(C)C(=O)OCCO. The van der Waals surface area contributed by atoms with Gasteiger partial charge < -0.3 is 9.84 Å². The number of ether oxygens (including phenoxy) is 1. The summed E-state index contributed by atoms with van der Waals surface area (Å²) in [7, 11) is 0. The zero-order valence-electron chi connectivity index (χ0n) is 5.39. The summed E-state index contributed by atoms with van der Waals surface area (Å²) in [5.41, 5.74) is 0.350. The van der Waals surface area contributed by atoms with Crippen molar-refractivity contribution in [3.05, 3.63) is 12.2 Å². The molecule has 0 heterocycles. The molecule has 0 amide bonds. The van der Waals surface area contributed by atoms with Crippen LogP contribution in [-0.2, 0) is 9.53 Å². The van der Waals surface area contributed by atoms with E-state index in [1.165, 1.54) is 0 Å². The maximum Gasteiger partial charge on any atom is 0.333 e. The molecule has 0 radical (unpaired) electrons. The van der Waals surface area contributed by atoms with Crippen LogP contribution in [0.1, 0.15) is 21.8 Å². The Hall–Kier alpha value is -0.830. The normalized spacial score (nSPS) is 7.09. The third-order valence-corrected chi connectivity index (χ3v) is 0.673. The first-order valence-electron chi connectivity index (χ1n) is 2.62. The summed E-state index contributed by atoms with van der Waals surface area (Å²) in [5.74, 6) is -0.455. The van der Waals surface area contributed by atoms with Crippen molar-refractivity contribution in [2.24, 2.45) is 0 Å². The number of carbonyl (C=O) groups is 1. The summed E-state index contributed by atoms with van der Waals surface area (Å²) in [6.45, 7) is 4.81. The number of carbonyl (C=O) groups excluding carboxylic acids is 1. The van der Waals surface area contributed by atoms with Gasteiger partial charge in [0.1, 0.15) is 6.61 Å². The van der Waals surface area contributed by atoms with Crippen molar-refractivity contribution < 1.29 is 14.6 Å². The van der Waals surface area contributed by atoms with Crippen LogP contribution in [0.25, 0.3) is 0 Å². The van der Waals surface area contributed by atoms with Gasteiger partial charge in [-0.3, -0.25) is 0 Å². The van der Waals surface area contributed by atoms with Gasteiger partial charge >= 0.3 is 5.97 Å². The molecule has 68 valence electrons. The summed E-state index contributed by atoms with van der Waals surface area (Å²) >= 11 is 0. The molecule has 0 aliphatic carbocycles. The lowest BCUT2D eigenvalue weighted by Gasteiger charge is -1.99. The van der Waals surface area contributed by atoms with Crippen molar-refractivity contribution in [2.45, 2.75) is 21.8 Å². The quantitative estimate of drug-likeness (QED) is 0.503. The molecule has 0 spiro atoms. The number of rotatable bonds is 3.